The van der Waals surface area contributed by atoms with Crippen molar-refractivity contribution in [1.82, 2.24) is 0 Å². The van der Waals surface area contributed by atoms with Crippen molar-refractivity contribution in [1.29, 1.82) is 0 Å². The molecule has 1 rings (SSSR count). The molecule has 21 heavy (non-hydrogen) atoms. The van der Waals surface area contributed by atoms with E-state index < -0.39 is 24.1 Å². The minimum Gasteiger partial charge on any atom is -0.462 e. The summed E-state index contributed by atoms with van der Waals surface area (Å²) >= 11 is 0. The van der Waals surface area contributed by atoms with Gasteiger partial charge in [0.05, 0.1) is 0 Å². The van der Waals surface area contributed by atoms with Crippen LogP contribution in [0, 0.1) is 17.8 Å². The normalized spacial score (nSPS) is 35.7. The number of carbonyl (C=O) groups is 3. The summed E-state index contributed by atoms with van der Waals surface area (Å²) in [4.78, 5) is 33.9. The predicted molar refractivity (Wildman–Crippen MR) is 74.2 cm³/mol. The maximum Gasteiger partial charge on any atom is 0.303 e. The Morgan fingerprint density at radius 3 is 1.24 bits per heavy atom. The van der Waals surface area contributed by atoms with Crippen LogP contribution < -0.4 is 0 Å². The highest BCUT2D eigenvalue weighted by Gasteiger charge is 2.50. The van der Waals surface area contributed by atoms with Gasteiger partial charge in [-0.25, -0.2) is 0 Å². The zero-order chi connectivity index (χ0) is 16.3. The third-order valence-electron chi connectivity index (χ3n) is 4.13. The Morgan fingerprint density at radius 2 is 0.857 bits per heavy atom. The average molecular weight is 300 g/mol. The first-order valence-corrected chi connectivity index (χ1v) is 7.16. The summed E-state index contributed by atoms with van der Waals surface area (Å²) in [5, 5.41) is 0. The van der Waals surface area contributed by atoms with E-state index in [9.17, 15) is 14.4 Å². The number of ether oxygens (including phenoxy) is 3. The highest BCUT2D eigenvalue weighted by atomic mass is 16.6. The molecule has 0 bridgehead atoms. The molecule has 1 fully saturated rings. The van der Waals surface area contributed by atoms with Crippen LogP contribution in [-0.4, -0.2) is 36.2 Å². The van der Waals surface area contributed by atoms with Gasteiger partial charge in [-0.3, -0.25) is 14.4 Å². The molecule has 1 saturated carbocycles. The average Bonchev–Trinajstić information content (AvgIpc) is 2.35. The van der Waals surface area contributed by atoms with Crippen LogP contribution in [0.4, 0.5) is 0 Å². The molecule has 6 heteroatoms. The van der Waals surface area contributed by atoms with Gasteiger partial charge in [0.25, 0.3) is 0 Å². The maximum atomic E-state index is 11.3. The minimum absolute atomic E-state index is 0.0138. The Kier molecular flexibility index (Phi) is 5.75. The van der Waals surface area contributed by atoms with E-state index in [1.165, 1.54) is 20.8 Å². The van der Waals surface area contributed by atoms with Crippen LogP contribution in [0.1, 0.15) is 41.5 Å². The largest absolute Gasteiger partial charge is 0.462 e. The van der Waals surface area contributed by atoms with Gasteiger partial charge in [-0.05, 0) is 5.92 Å². The van der Waals surface area contributed by atoms with Gasteiger partial charge in [0.15, 0.2) is 0 Å². The van der Waals surface area contributed by atoms with Crippen LogP contribution in [0.3, 0.4) is 0 Å². The second-order valence-electron chi connectivity index (χ2n) is 5.80. The minimum atomic E-state index is -0.623. The van der Waals surface area contributed by atoms with Crippen LogP contribution in [-0.2, 0) is 28.6 Å². The van der Waals surface area contributed by atoms with E-state index in [0.29, 0.717) is 0 Å². The molecule has 120 valence electrons. The fourth-order valence-electron chi connectivity index (χ4n) is 3.00. The molecule has 0 aliphatic heterocycles. The molecule has 0 heterocycles. The zero-order valence-corrected chi connectivity index (χ0v) is 13.4. The summed E-state index contributed by atoms with van der Waals surface area (Å²) in [5.74, 6) is -1.62. The van der Waals surface area contributed by atoms with Gasteiger partial charge in [0.2, 0.25) is 0 Å². The van der Waals surface area contributed by atoms with Crippen molar-refractivity contribution in [2.24, 2.45) is 17.8 Å². The van der Waals surface area contributed by atoms with E-state index >= 15 is 0 Å². The lowest BCUT2D eigenvalue weighted by molar-refractivity contribution is -0.203. The second-order valence-corrected chi connectivity index (χ2v) is 5.80. The molecule has 3 unspecified atom stereocenters. The van der Waals surface area contributed by atoms with E-state index in [2.05, 4.69) is 0 Å². The monoisotopic (exact) mass is 300 g/mol. The van der Waals surface area contributed by atoms with Crippen molar-refractivity contribution < 1.29 is 28.6 Å². The van der Waals surface area contributed by atoms with Crippen LogP contribution in [0.15, 0.2) is 0 Å². The molecule has 6 nitrogen and oxygen atoms in total. The van der Waals surface area contributed by atoms with Crippen LogP contribution >= 0.6 is 0 Å². The van der Waals surface area contributed by atoms with Crippen LogP contribution in [0.5, 0.6) is 0 Å². The highest BCUT2D eigenvalue weighted by Crippen LogP contribution is 2.39. The third-order valence-corrected chi connectivity index (χ3v) is 4.13. The summed E-state index contributed by atoms with van der Waals surface area (Å²) in [7, 11) is 0. The molecule has 0 aromatic rings. The van der Waals surface area contributed by atoms with Gasteiger partial charge < -0.3 is 14.2 Å². The fraction of sp³-hybridized carbons (Fsp3) is 0.800. The molecule has 0 amide bonds. The smallest absolute Gasteiger partial charge is 0.303 e. The highest BCUT2D eigenvalue weighted by molar-refractivity contribution is 5.68. The van der Waals surface area contributed by atoms with E-state index in [1.807, 2.05) is 20.8 Å². The molecule has 6 atom stereocenters. The SMILES string of the molecule is CC(=O)OC1C(OC(C)=O)[C@@H](C)[C@H](C)C(OC(C)=O)[C@@H]1C. The summed E-state index contributed by atoms with van der Waals surface area (Å²) in [6, 6.07) is 0. The fourth-order valence-corrected chi connectivity index (χ4v) is 3.00. The van der Waals surface area contributed by atoms with E-state index in [-0.39, 0.29) is 29.8 Å². The second kappa shape index (κ2) is 6.91. The Labute approximate surface area is 125 Å². The summed E-state index contributed by atoms with van der Waals surface area (Å²) in [5.41, 5.74) is 0. The van der Waals surface area contributed by atoms with Crippen molar-refractivity contribution in [2.45, 2.75) is 59.9 Å². The number of carbonyl (C=O) groups excluding carboxylic acids is 3. The Hall–Kier alpha value is -1.59. The van der Waals surface area contributed by atoms with E-state index in [4.69, 9.17) is 14.2 Å². The number of rotatable bonds is 3. The van der Waals surface area contributed by atoms with E-state index in [0.717, 1.165) is 0 Å². The Morgan fingerprint density at radius 1 is 0.571 bits per heavy atom. The predicted octanol–water partition coefficient (Wildman–Crippen LogP) is 1.70. The number of esters is 3. The first-order valence-electron chi connectivity index (χ1n) is 7.16. The lowest BCUT2D eigenvalue weighted by Crippen LogP contribution is -2.56. The molecule has 0 N–H and O–H groups in total. The van der Waals surface area contributed by atoms with Crippen LogP contribution in [0.2, 0.25) is 0 Å². The summed E-state index contributed by atoms with van der Waals surface area (Å²) < 4.78 is 16.1. The zero-order valence-electron chi connectivity index (χ0n) is 13.4. The molecule has 0 aromatic carbocycles. The standard InChI is InChI=1S/C15H24O6/c1-7-8(2)14(20-11(5)17)15(21-12(6)18)9(3)13(7)19-10(4)16/h7-9,13-15H,1-6H3/t7-,8-,9-,13?,14?,15?/m0/s1. The molecule has 0 aromatic heterocycles. The summed E-state index contributed by atoms with van der Waals surface area (Å²) in [6.07, 6.45) is -1.54. The number of hydrogen-bond donors (Lipinski definition) is 0. The molecule has 1 aliphatic rings. The molecular weight excluding hydrogens is 276 g/mol. The maximum absolute atomic E-state index is 11.3. The van der Waals surface area contributed by atoms with Gasteiger partial charge in [-0.15, -0.1) is 0 Å². The molecule has 0 saturated heterocycles. The topological polar surface area (TPSA) is 78.9 Å². The first kappa shape index (κ1) is 17.5. The Bertz CT molecular complexity index is 418. The van der Waals surface area contributed by atoms with Crippen molar-refractivity contribution in [3.8, 4) is 0 Å². The first-order chi connectivity index (χ1) is 9.65. The quantitative estimate of drug-likeness (QED) is 0.583. The third kappa shape index (κ3) is 4.19. The van der Waals surface area contributed by atoms with Gasteiger partial charge in [-0.2, -0.15) is 0 Å². The lowest BCUT2D eigenvalue weighted by Gasteiger charge is -2.46. The molecule has 0 spiro atoms. The van der Waals surface area contributed by atoms with Gasteiger partial charge in [0.1, 0.15) is 18.3 Å². The molecule has 0 radical (unpaired) electrons. The van der Waals surface area contributed by atoms with Crippen molar-refractivity contribution in [3.05, 3.63) is 0 Å². The number of hydrogen-bond acceptors (Lipinski definition) is 6. The molecular formula is C15H24O6. The van der Waals surface area contributed by atoms with Crippen molar-refractivity contribution in [2.75, 3.05) is 0 Å². The molecule has 1 aliphatic carbocycles. The van der Waals surface area contributed by atoms with Gasteiger partial charge >= 0.3 is 17.9 Å². The van der Waals surface area contributed by atoms with E-state index in [1.54, 1.807) is 0 Å². The lowest BCUT2D eigenvalue weighted by atomic mass is 9.70. The van der Waals surface area contributed by atoms with Gasteiger partial charge in [-0.1, -0.05) is 20.8 Å². The van der Waals surface area contributed by atoms with Gasteiger partial charge in [0, 0.05) is 32.6 Å². The Balaban J connectivity index is 3.06. The summed E-state index contributed by atoms with van der Waals surface area (Å²) in [6.45, 7) is 9.65. The van der Waals surface area contributed by atoms with Crippen molar-refractivity contribution >= 4 is 17.9 Å². The van der Waals surface area contributed by atoms with Crippen LogP contribution in [0.25, 0.3) is 0 Å². The van der Waals surface area contributed by atoms with Crippen molar-refractivity contribution in [3.63, 3.8) is 0 Å².